The summed E-state index contributed by atoms with van der Waals surface area (Å²) in [5, 5.41) is 3.79. The van der Waals surface area contributed by atoms with Crippen molar-refractivity contribution in [1.29, 1.82) is 0 Å². The Morgan fingerprint density at radius 3 is 2.59 bits per heavy atom. The van der Waals surface area contributed by atoms with Gasteiger partial charge in [-0.25, -0.2) is 8.42 Å². The van der Waals surface area contributed by atoms with Crippen molar-refractivity contribution < 1.29 is 13.2 Å². The van der Waals surface area contributed by atoms with Crippen LogP contribution in [-0.2, 0) is 28.4 Å². The van der Waals surface area contributed by atoms with Crippen LogP contribution in [0.3, 0.4) is 0 Å². The van der Waals surface area contributed by atoms with Crippen LogP contribution < -0.4 is 0 Å². The molecule has 2 saturated heterocycles. The van der Waals surface area contributed by atoms with E-state index in [-0.39, 0.29) is 11.4 Å². The van der Waals surface area contributed by atoms with Crippen LogP contribution in [0.5, 0.6) is 0 Å². The van der Waals surface area contributed by atoms with E-state index < -0.39 is 10.0 Å². The summed E-state index contributed by atoms with van der Waals surface area (Å²) in [5.74, 6) is 0. The van der Waals surface area contributed by atoms with Gasteiger partial charge in [0.25, 0.3) is 0 Å². The molecular weight excluding hydrogens is 304 g/mol. The summed E-state index contributed by atoms with van der Waals surface area (Å²) in [6.45, 7) is 5.87. The third-order valence-corrected chi connectivity index (χ3v) is 7.01. The average molecular weight is 328 g/mol. The molecule has 3 heterocycles. The second-order valence-corrected chi connectivity index (χ2v) is 8.30. The van der Waals surface area contributed by atoms with Crippen LogP contribution in [-0.4, -0.2) is 71.5 Å². The van der Waals surface area contributed by atoms with Gasteiger partial charge in [0.1, 0.15) is 5.25 Å². The predicted molar refractivity (Wildman–Crippen MR) is 82.8 cm³/mol. The number of aromatic nitrogens is 2. The summed E-state index contributed by atoms with van der Waals surface area (Å²) in [7, 11) is -1.34. The first-order chi connectivity index (χ1) is 10.5. The summed E-state index contributed by atoms with van der Waals surface area (Å²) >= 11 is 0. The number of sulfonamides is 1. The average Bonchev–Trinajstić information content (AvgIpc) is 3.08. The first-order valence-electron chi connectivity index (χ1n) is 7.77. The van der Waals surface area contributed by atoms with Gasteiger partial charge in [0.15, 0.2) is 0 Å². The Morgan fingerprint density at radius 2 is 2.05 bits per heavy atom. The second kappa shape index (κ2) is 6.27. The largest absolute Gasteiger partial charge is 0.377 e. The van der Waals surface area contributed by atoms with Crippen LogP contribution in [0.2, 0.25) is 0 Å². The van der Waals surface area contributed by atoms with Gasteiger partial charge in [-0.1, -0.05) is 0 Å². The lowest BCUT2D eigenvalue weighted by molar-refractivity contribution is 0.124. The molecule has 0 amide bonds. The van der Waals surface area contributed by atoms with Crippen molar-refractivity contribution in [2.45, 2.75) is 31.2 Å². The molecule has 2 atom stereocenters. The van der Waals surface area contributed by atoms with E-state index in [9.17, 15) is 8.42 Å². The molecule has 0 spiro atoms. The number of rotatable bonds is 4. The minimum Gasteiger partial charge on any atom is -0.377 e. The number of hydrogen-bond donors (Lipinski definition) is 0. The molecule has 7 nitrogen and oxygen atoms in total. The van der Waals surface area contributed by atoms with Crippen LogP contribution in [0.25, 0.3) is 0 Å². The zero-order chi connectivity index (χ0) is 15.7. The molecule has 0 aromatic carbocycles. The molecule has 0 aliphatic carbocycles. The fourth-order valence-electron chi connectivity index (χ4n) is 3.25. The van der Waals surface area contributed by atoms with Gasteiger partial charge in [0, 0.05) is 58.1 Å². The third kappa shape index (κ3) is 3.19. The number of nitrogens with zero attached hydrogens (tertiary/aromatic N) is 4. The molecule has 124 valence electrons. The summed E-state index contributed by atoms with van der Waals surface area (Å²) in [6, 6.07) is 0. The van der Waals surface area contributed by atoms with E-state index in [1.54, 1.807) is 8.99 Å². The molecule has 2 unspecified atom stereocenters. The molecule has 2 aliphatic rings. The fraction of sp³-hybridized carbons (Fsp3) is 0.786. The summed E-state index contributed by atoms with van der Waals surface area (Å²) in [5.41, 5.74) is 1.16. The van der Waals surface area contributed by atoms with Crippen molar-refractivity contribution in [3.8, 4) is 0 Å². The quantitative estimate of drug-likeness (QED) is 0.781. The highest BCUT2D eigenvalue weighted by Gasteiger charge is 2.40. The zero-order valence-corrected chi connectivity index (χ0v) is 14.0. The fourth-order valence-corrected chi connectivity index (χ4v) is 5.26. The lowest BCUT2D eigenvalue weighted by Gasteiger charge is -2.35. The molecule has 2 aliphatic heterocycles. The van der Waals surface area contributed by atoms with Crippen LogP contribution in [0.15, 0.2) is 12.4 Å². The SMILES string of the molecule is CC1OCCC1S(=O)(=O)N1CCN(Cc2cnn(C)c2)CC1. The number of piperazine rings is 1. The van der Waals surface area contributed by atoms with E-state index in [0.717, 1.165) is 25.2 Å². The normalized spacial score (nSPS) is 28.3. The molecular formula is C14H24N4O3S. The van der Waals surface area contributed by atoms with Crippen LogP contribution in [0, 0.1) is 0 Å². The molecule has 3 rings (SSSR count). The van der Waals surface area contributed by atoms with E-state index in [0.29, 0.717) is 26.1 Å². The standard InChI is InChI=1S/C14H24N4O3S/c1-12-14(3-8-21-12)22(19,20)18-6-4-17(5-7-18)11-13-9-15-16(2)10-13/h9-10,12,14H,3-8,11H2,1-2H3. The molecule has 8 heteroatoms. The van der Waals surface area contributed by atoms with E-state index in [2.05, 4.69) is 10.00 Å². The number of aryl methyl sites for hydroxylation is 1. The van der Waals surface area contributed by atoms with E-state index in [1.165, 1.54) is 0 Å². The molecule has 2 fully saturated rings. The number of hydrogen-bond acceptors (Lipinski definition) is 5. The van der Waals surface area contributed by atoms with Gasteiger partial charge in [0.2, 0.25) is 10.0 Å². The molecule has 1 aromatic rings. The Hall–Kier alpha value is -0.960. The van der Waals surface area contributed by atoms with Gasteiger partial charge in [-0.2, -0.15) is 9.40 Å². The van der Waals surface area contributed by atoms with E-state index in [1.807, 2.05) is 26.4 Å². The van der Waals surface area contributed by atoms with Gasteiger partial charge in [-0.15, -0.1) is 0 Å². The minimum absolute atomic E-state index is 0.196. The van der Waals surface area contributed by atoms with Gasteiger partial charge in [0.05, 0.1) is 12.3 Å². The van der Waals surface area contributed by atoms with E-state index in [4.69, 9.17) is 4.74 Å². The molecule has 1 aromatic heterocycles. The van der Waals surface area contributed by atoms with Crippen molar-refractivity contribution in [3.05, 3.63) is 18.0 Å². The van der Waals surface area contributed by atoms with Crippen LogP contribution in [0.1, 0.15) is 18.9 Å². The first-order valence-corrected chi connectivity index (χ1v) is 9.27. The van der Waals surface area contributed by atoms with Gasteiger partial charge in [-0.05, 0) is 13.3 Å². The Labute approximate surface area is 131 Å². The van der Waals surface area contributed by atoms with Crippen molar-refractivity contribution >= 4 is 10.0 Å². The van der Waals surface area contributed by atoms with Crippen LogP contribution in [0.4, 0.5) is 0 Å². The molecule has 0 saturated carbocycles. The van der Waals surface area contributed by atoms with Crippen molar-refractivity contribution in [3.63, 3.8) is 0 Å². The van der Waals surface area contributed by atoms with Crippen LogP contribution >= 0.6 is 0 Å². The van der Waals surface area contributed by atoms with Gasteiger partial charge < -0.3 is 4.74 Å². The lowest BCUT2D eigenvalue weighted by Crippen LogP contribution is -2.51. The maximum atomic E-state index is 12.7. The molecule has 0 N–H and O–H groups in total. The van der Waals surface area contributed by atoms with Crippen molar-refractivity contribution in [2.24, 2.45) is 7.05 Å². The monoisotopic (exact) mass is 328 g/mol. The van der Waals surface area contributed by atoms with Gasteiger partial charge in [-0.3, -0.25) is 9.58 Å². The second-order valence-electron chi connectivity index (χ2n) is 6.15. The number of ether oxygens (including phenoxy) is 1. The Balaban J connectivity index is 1.57. The Kier molecular flexibility index (Phi) is 4.54. The highest BCUT2D eigenvalue weighted by molar-refractivity contribution is 7.89. The molecule has 0 radical (unpaired) electrons. The third-order valence-electron chi connectivity index (χ3n) is 4.54. The topological polar surface area (TPSA) is 67.7 Å². The van der Waals surface area contributed by atoms with Crippen molar-refractivity contribution in [1.82, 2.24) is 19.0 Å². The highest BCUT2D eigenvalue weighted by Crippen LogP contribution is 2.24. The summed E-state index contributed by atoms with van der Waals surface area (Å²) in [4.78, 5) is 2.28. The van der Waals surface area contributed by atoms with E-state index >= 15 is 0 Å². The molecule has 0 bridgehead atoms. The zero-order valence-electron chi connectivity index (χ0n) is 13.2. The molecule has 22 heavy (non-hydrogen) atoms. The highest BCUT2D eigenvalue weighted by atomic mass is 32.2. The lowest BCUT2D eigenvalue weighted by atomic mass is 10.3. The predicted octanol–water partition coefficient (Wildman–Crippen LogP) is 0.0449. The summed E-state index contributed by atoms with van der Waals surface area (Å²) in [6.07, 6.45) is 4.28. The maximum absolute atomic E-state index is 12.7. The summed E-state index contributed by atoms with van der Waals surface area (Å²) < 4.78 is 34.2. The first kappa shape index (κ1) is 15.9. The maximum Gasteiger partial charge on any atom is 0.219 e. The van der Waals surface area contributed by atoms with Crippen molar-refractivity contribution in [2.75, 3.05) is 32.8 Å². The Bertz CT molecular complexity index is 607. The smallest absolute Gasteiger partial charge is 0.219 e. The van der Waals surface area contributed by atoms with Gasteiger partial charge >= 0.3 is 0 Å². The Morgan fingerprint density at radius 1 is 1.32 bits per heavy atom. The minimum atomic E-state index is -3.24.